The molecule has 1 atom stereocenters. The van der Waals surface area contributed by atoms with Gasteiger partial charge in [-0.05, 0) is 0 Å². The summed E-state index contributed by atoms with van der Waals surface area (Å²) in [6.07, 6.45) is 0. The van der Waals surface area contributed by atoms with Crippen LogP contribution in [0.2, 0.25) is 0 Å². The van der Waals surface area contributed by atoms with Crippen LogP contribution in [0.5, 0.6) is 0 Å². The summed E-state index contributed by atoms with van der Waals surface area (Å²) in [5.41, 5.74) is 3.54. The SMILES string of the molecule is Cc1cc(C)cc([Se](=O)Cc2ccccc2)c1. The van der Waals surface area contributed by atoms with E-state index in [9.17, 15) is 3.83 Å². The Hall–Kier alpha value is -1.24. The molecule has 2 aromatic carbocycles. The van der Waals surface area contributed by atoms with Gasteiger partial charge in [0, 0.05) is 0 Å². The third kappa shape index (κ3) is 3.36. The van der Waals surface area contributed by atoms with Crippen molar-refractivity contribution in [2.24, 2.45) is 0 Å². The van der Waals surface area contributed by atoms with Gasteiger partial charge in [0.05, 0.1) is 0 Å². The van der Waals surface area contributed by atoms with E-state index in [0.717, 1.165) is 10.0 Å². The van der Waals surface area contributed by atoms with Gasteiger partial charge < -0.3 is 0 Å². The number of hydrogen-bond acceptors (Lipinski definition) is 1. The van der Waals surface area contributed by atoms with Crippen molar-refractivity contribution in [3.63, 3.8) is 0 Å². The average Bonchev–Trinajstić information content (AvgIpc) is 2.29. The van der Waals surface area contributed by atoms with Crippen molar-refractivity contribution in [3.8, 4) is 0 Å². The summed E-state index contributed by atoms with van der Waals surface area (Å²) in [6, 6.07) is 16.3. The maximum atomic E-state index is 12.3. The van der Waals surface area contributed by atoms with Gasteiger partial charge in [-0.15, -0.1) is 0 Å². The van der Waals surface area contributed by atoms with E-state index in [2.05, 4.69) is 19.9 Å². The van der Waals surface area contributed by atoms with Gasteiger partial charge in [-0.1, -0.05) is 0 Å². The zero-order valence-electron chi connectivity index (χ0n) is 10.1. The number of rotatable bonds is 3. The molecule has 0 saturated heterocycles. The van der Waals surface area contributed by atoms with Crippen LogP contribution in [0.15, 0.2) is 48.5 Å². The molecule has 0 fully saturated rings. The van der Waals surface area contributed by atoms with Gasteiger partial charge in [0.2, 0.25) is 0 Å². The Morgan fingerprint density at radius 3 is 2.12 bits per heavy atom. The third-order valence-electron chi connectivity index (χ3n) is 2.60. The number of benzene rings is 2. The van der Waals surface area contributed by atoms with Gasteiger partial charge in [0.1, 0.15) is 0 Å². The quantitative estimate of drug-likeness (QED) is 0.795. The molecule has 17 heavy (non-hydrogen) atoms. The zero-order valence-corrected chi connectivity index (χ0v) is 11.9. The molecule has 0 radical (unpaired) electrons. The van der Waals surface area contributed by atoms with Crippen LogP contribution in [0.25, 0.3) is 0 Å². The van der Waals surface area contributed by atoms with E-state index >= 15 is 0 Å². The molecule has 2 aromatic rings. The van der Waals surface area contributed by atoms with Crippen molar-refractivity contribution in [2.45, 2.75) is 19.2 Å². The molecule has 2 rings (SSSR count). The Morgan fingerprint density at radius 2 is 1.53 bits per heavy atom. The molecule has 0 aliphatic rings. The van der Waals surface area contributed by atoms with Crippen molar-refractivity contribution >= 4 is 18.3 Å². The van der Waals surface area contributed by atoms with Gasteiger partial charge in [-0.3, -0.25) is 0 Å². The molecule has 1 unspecified atom stereocenters. The van der Waals surface area contributed by atoms with E-state index in [-0.39, 0.29) is 0 Å². The zero-order chi connectivity index (χ0) is 12.3. The standard InChI is InChI=1S/C15H16OSe/c1-12-8-13(2)10-15(9-12)17(16)11-14-6-4-3-5-7-14/h3-10H,11H2,1-2H3. The predicted octanol–water partition coefficient (Wildman–Crippen LogP) is 2.71. The van der Waals surface area contributed by atoms with Gasteiger partial charge >= 0.3 is 107 Å². The molecular weight excluding hydrogens is 275 g/mol. The monoisotopic (exact) mass is 292 g/mol. The van der Waals surface area contributed by atoms with Crippen LogP contribution in [-0.4, -0.2) is 13.8 Å². The molecule has 88 valence electrons. The first kappa shape index (κ1) is 12.2. The van der Waals surface area contributed by atoms with Gasteiger partial charge in [-0.25, -0.2) is 0 Å². The van der Waals surface area contributed by atoms with Crippen LogP contribution in [-0.2, 0) is 9.15 Å². The first-order chi connectivity index (χ1) is 8.15. The predicted molar refractivity (Wildman–Crippen MR) is 72.1 cm³/mol. The first-order valence-corrected chi connectivity index (χ1v) is 8.42. The van der Waals surface area contributed by atoms with Crippen LogP contribution < -0.4 is 4.46 Å². The van der Waals surface area contributed by atoms with Crippen molar-refractivity contribution in [3.05, 3.63) is 65.2 Å². The van der Waals surface area contributed by atoms with E-state index in [0.29, 0.717) is 5.32 Å². The summed E-state index contributed by atoms with van der Waals surface area (Å²) in [7, 11) is 0. The van der Waals surface area contributed by atoms with Crippen molar-refractivity contribution in [1.29, 1.82) is 0 Å². The summed E-state index contributed by atoms with van der Waals surface area (Å²) in [5, 5.41) is 0.684. The van der Waals surface area contributed by atoms with Crippen molar-refractivity contribution in [2.75, 3.05) is 0 Å². The van der Waals surface area contributed by atoms with Gasteiger partial charge in [-0.2, -0.15) is 0 Å². The first-order valence-electron chi connectivity index (χ1n) is 5.66. The van der Waals surface area contributed by atoms with E-state index in [1.807, 2.05) is 42.5 Å². The maximum absolute atomic E-state index is 12.3. The van der Waals surface area contributed by atoms with Crippen molar-refractivity contribution in [1.82, 2.24) is 0 Å². The Balaban J connectivity index is 2.20. The number of aryl methyl sites for hydroxylation is 2. The molecule has 0 bridgehead atoms. The van der Waals surface area contributed by atoms with E-state index in [4.69, 9.17) is 0 Å². The molecule has 0 heterocycles. The molecule has 0 N–H and O–H groups in total. The fourth-order valence-corrected chi connectivity index (χ4v) is 4.59. The van der Waals surface area contributed by atoms with E-state index in [1.165, 1.54) is 11.1 Å². The third-order valence-corrected chi connectivity index (χ3v) is 5.45. The van der Waals surface area contributed by atoms with Crippen LogP contribution in [0.1, 0.15) is 16.7 Å². The molecule has 0 amide bonds. The summed E-state index contributed by atoms with van der Waals surface area (Å²) >= 11 is -1.95. The second-order valence-corrected chi connectivity index (χ2v) is 7.34. The minimum atomic E-state index is -1.95. The summed E-state index contributed by atoms with van der Waals surface area (Å²) < 4.78 is 13.3. The molecule has 2 heteroatoms. The number of hydrogen-bond donors (Lipinski definition) is 0. The Labute approximate surface area is 107 Å². The van der Waals surface area contributed by atoms with Crippen molar-refractivity contribution < 1.29 is 3.83 Å². The second kappa shape index (κ2) is 5.39. The molecule has 0 saturated carbocycles. The summed E-state index contributed by atoms with van der Waals surface area (Å²) in [4.78, 5) is 0. The van der Waals surface area contributed by atoms with Gasteiger partial charge in [0.15, 0.2) is 0 Å². The van der Waals surface area contributed by atoms with Crippen LogP contribution in [0.4, 0.5) is 0 Å². The fourth-order valence-electron chi connectivity index (χ4n) is 1.87. The molecule has 1 nitrogen and oxygen atoms in total. The average molecular weight is 291 g/mol. The van der Waals surface area contributed by atoms with E-state index < -0.39 is 13.8 Å². The molecule has 0 aromatic heterocycles. The summed E-state index contributed by atoms with van der Waals surface area (Å²) in [5.74, 6) is 0. The topological polar surface area (TPSA) is 17.1 Å². The second-order valence-electron chi connectivity index (χ2n) is 4.30. The van der Waals surface area contributed by atoms with Crippen LogP contribution in [0, 0.1) is 13.8 Å². The van der Waals surface area contributed by atoms with E-state index in [1.54, 1.807) is 0 Å². The Bertz CT molecular complexity index is 512. The van der Waals surface area contributed by atoms with Gasteiger partial charge in [0.25, 0.3) is 0 Å². The molecule has 0 aliphatic carbocycles. The summed E-state index contributed by atoms with van der Waals surface area (Å²) in [6.45, 7) is 4.11. The Morgan fingerprint density at radius 1 is 0.941 bits per heavy atom. The fraction of sp³-hybridized carbons (Fsp3) is 0.200. The molecule has 0 aliphatic heterocycles. The van der Waals surface area contributed by atoms with Crippen LogP contribution in [0.3, 0.4) is 0 Å². The minimum absolute atomic E-state index is 0.684. The Kier molecular flexibility index (Phi) is 3.88. The molecular formula is C15H16OSe. The van der Waals surface area contributed by atoms with Crippen LogP contribution >= 0.6 is 0 Å². The molecule has 0 spiro atoms. The normalized spacial score (nSPS) is 12.4.